The van der Waals surface area contributed by atoms with E-state index in [2.05, 4.69) is 0 Å². The number of amides is 1. The zero-order chi connectivity index (χ0) is 15.2. The zero-order valence-electron chi connectivity index (χ0n) is 11.9. The van der Waals surface area contributed by atoms with E-state index in [0.29, 0.717) is 37.5 Å². The predicted molar refractivity (Wildman–Crippen MR) is 75.5 cm³/mol. The normalized spacial score (nSPS) is 17.6. The molecule has 21 heavy (non-hydrogen) atoms. The van der Waals surface area contributed by atoms with Crippen LogP contribution in [-0.4, -0.2) is 47.7 Å². The minimum absolute atomic E-state index is 0.187. The molecule has 6 heteroatoms. The Morgan fingerprint density at radius 2 is 1.95 bits per heavy atom. The number of para-hydroxylation sites is 2. The first-order valence-electron chi connectivity index (χ1n) is 7.00. The van der Waals surface area contributed by atoms with Crippen molar-refractivity contribution in [1.82, 2.24) is 4.90 Å². The molecule has 1 fully saturated rings. The number of ether oxygens (including phenoxy) is 2. The summed E-state index contributed by atoms with van der Waals surface area (Å²) in [6, 6.07) is 6.36. The van der Waals surface area contributed by atoms with E-state index in [-0.39, 0.29) is 12.5 Å². The lowest BCUT2D eigenvalue weighted by Gasteiger charge is -2.21. The van der Waals surface area contributed by atoms with E-state index in [4.69, 9.17) is 14.6 Å². The number of carbonyl (C=O) groups is 2. The van der Waals surface area contributed by atoms with Crippen LogP contribution in [0.25, 0.3) is 0 Å². The molecule has 1 heterocycles. The molecule has 1 aliphatic rings. The van der Waals surface area contributed by atoms with Gasteiger partial charge in [0.05, 0.1) is 6.61 Å². The quantitative estimate of drug-likeness (QED) is 0.861. The highest BCUT2D eigenvalue weighted by Gasteiger charge is 2.34. The SMILES string of the molecule is CCOc1ccccc1OCC(=O)N1CCCC1C(=O)O. The third-order valence-electron chi connectivity index (χ3n) is 3.36. The van der Waals surface area contributed by atoms with Gasteiger partial charge in [0.15, 0.2) is 18.1 Å². The average molecular weight is 293 g/mol. The highest BCUT2D eigenvalue weighted by Crippen LogP contribution is 2.26. The van der Waals surface area contributed by atoms with E-state index in [1.54, 1.807) is 18.2 Å². The standard InChI is InChI=1S/C15H19NO5/c1-2-20-12-7-3-4-8-13(12)21-10-14(17)16-9-5-6-11(16)15(18)19/h3-4,7-8,11H,2,5-6,9-10H2,1H3,(H,18,19). The monoisotopic (exact) mass is 293 g/mol. The fourth-order valence-electron chi connectivity index (χ4n) is 2.39. The molecule has 1 aromatic carbocycles. The van der Waals surface area contributed by atoms with Crippen molar-refractivity contribution in [3.8, 4) is 11.5 Å². The molecule has 0 saturated carbocycles. The third-order valence-corrected chi connectivity index (χ3v) is 3.36. The number of nitrogens with zero attached hydrogens (tertiary/aromatic N) is 1. The van der Waals surface area contributed by atoms with E-state index >= 15 is 0 Å². The number of carbonyl (C=O) groups excluding carboxylic acids is 1. The van der Waals surface area contributed by atoms with Gasteiger partial charge in [0.25, 0.3) is 5.91 Å². The summed E-state index contributed by atoms with van der Waals surface area (Å²) in [4.78, 5) is 24.5. The molecule has 1 amide bonds. The first-order valence-corrected chi connectivity index (χ1v) is 7.00. The lowest BCUT2D eigenvalue weighted by molar-refractivity contribution is -0.149. The van der Waals surface area contributed by atoms with Gasteiger partial charge in [-0.25, -0.2) is 4.79 Å². The van der Waals surface area contributed by atoms with Crippen LogP contribution < -0.4 is 9.47 Å². The second kappa shape index (κ2) is 6.97. The average Bonchev–Trinajstić information content (AvgIpc) is 2.96. The fourth-order valence-corrected chi connectivity index (χ4v) is 2.39. The van der Waals surface area contributed by atoms with Crippen LogP contribution in [0.15, 0.2) is 24.3 Å². The zero-order valence-corrected chi connectivity index (χ0v) is 11.9. The van der Waals surface area contributed by atoms with Crippen LogP contribution in [0.2, 0.25) is 0 Å². The van der Waals surface area contributed by atoms with Crippen LogP contribution in [0.1, 0.15) is 19.8 Å². The Balaban J connectivity index is 1.96. The maximum atomic E-state index is 12.1. The summed E-state index contributed by atoms with van der Waals surface area (Å²) in [5, 5.41) is 9.08. The maximum Gasteiger partial charge on any atom is 0.326 e. The summed E-state index contributed by atoms with van der Waals surface area (Å²) >= 11 is 0. The third kappa shape index (κ3) is 3.65. The Labute approximate surface area is 123 Å². The van der Waals surface area contributed by atoms with Crippen LogP contribution in [0.5, 0.6) is 11.5 Å². The first-order chi connectivity index (χ1) is 10.1. The highest BCUT2D eigenvalue weighted by atomic mass is 16.5. The van der Waals surface area contributed by atoms with E-state index in [1.807, 2.05) is 13.0 Å². The largest absolute Gasteiger partial charge is 0.490 e. The minimum atomic E-state index is -0.962. The molecular weight excluding hydrogens is 274 g/mol. The molecule has 1 unspecified atom stereocenters. The number of carboxylic acid groups (broad SMARTS) is 1. The molecule has 0 aliphatic carbocycles. The Morgan fingerprint density at radius 1 is 1.29 bits per heavy atom. The summed E-state index contributed by atoms with van der Waals surface area (Å²) in [7, 11) is 0. The van der Waals surface area contributed by atoms with Crippen molar-refractivity contribution in [2.24, 2.45) is 0 Å². The van der Waals surface area contributed by atoms with E-state index in [9.17, 15) is 9.59 Å². The smallest absolute Gasteiger partial charge is 0.326 e. The number of aliphatic carboxylic acids is 1. The van der Waals surface area contributed by atoms with Gasteiger partial charge in [-0.1, -0.05) is 12.1 Å². The molecular formula is C15H19NO5. The van der Waals surface area contributed by atoms with Crippen molar-refractivity contribution in [1.29, 1.82) is 0 Å². The number of carboxylic acids is 1. The van der Waals surface area contributed by atoms with Crippen molar-refractivity contribution in [2.75, 3.05) is 19.8 Å². The van der Waals surface area contributed by atoms with Crippen molar-refractivity contribution in [2.45, 2.75) is 25.8 Å². The molecule has 114 valence electrons. The topological polar surface area (TPSA) is 76.1 Å². The second-order valence-electron chi connectivity index (χ2n) is 4.75. The lowest BCUT2D eigenvalue weighted by Crippen LogP contribution is -2.42. The first kappa shape index (κ1) is 15.2. The molecule has 0 aromatic heterocycles. The molecule has 1 aliphatic heterocycles. The van der Waals surface area contributed by atoms with Gasteiger partial charge in [-0.15, -0.1) is 0 Å². The Bertz CT molecular complexity index is 517. The molecule has 1 atom stereocenters. The van der Waals surface area contributed by atoms with Gasteiger partial charge in [0, 0.05) is 6.54 Å². The highest BCUT2D eigenvalue weighted by molar-refractivity contribution is 5.85. The molecule has 1 saturated heterocycles. The summed E-state index contributed by atoms with van der Waals surface area (Å²) in [6.07, 6.45) is 1.20. The van der Waals surface area contributed by atoms with Crippen LogP contribution in [0.3, 0.4) is 0 Å². The minimum Gasteiger partial charge on any atom is -0.490 e. The molecule has 0 radical (unpaired) electrons. The van der Waals surface area contributed by atoms with Crippen molar-refractivity contribution < 1.29 is 24.2 Å². The van der Waals surface area contributed by atoms with Gasteiger partial charge >= 0.3 is 5.97 Å². The van der Waals surface area contributed by atoms with Crippen LogP contribution in [0.4, 0.5) is 0 Å². The summed E-state index contributed by atoms with van der Waals surface area (Å²) < 4.78 is 10.9. The Kier molecular flexibility index (Phi) is 5.03. The van der Waals surface area contributed by atoms with Crippen LogP contribution in [-0.2, 0) is 9.59 Å². The van der Waals surface area contributed by atoms with E-state index in [0.717, 1.165) is 0 Å². The molecule has 0 spiro atoms. The van der Waals surface area contributed by atoms with Crippen LogP contribution in [0, 0.1) is 0 Å². The van der Waals surface area contributed by atoms with Crippen molar-refractivity contribution in [3.63, 3.8) is 0 Å². The summed E-state index contributed by atoms with van der Waals surface area (Å²) in [5.41, 5.74) is 0. The number of likely N-dealkylation sites (tertiary alicyclic amines) is 1. The van der Waals surface area contributed by atoms with Gasteiger partial charge in [-0.3, -0.25) is 4.79 Å². The number of hydrogen-bond donors (Lipinski definition) is 1. The summed E-state index contributed by atoms with van der Waals surface area (Å²) in [6.45, 7) is 2.64. The molecule has 0 bridgehead atoms. The van der Waals surface area contributed by atoms with Gasteiger partial charge in [0.1, 0.15) is 6.04 Å². The van der Waals surface area contributed by atoms with Gasteiger partial charge < -0.3 is 19.5 Å². The predicted octanol–water partition coefficient (Wildman–Crippen LogP) is 1.54. The Morgan fingerprint density at radius 3 is 2.57 bits per heavy atom. The second-order valence-corrected chi connectivity index (χ2v) is 4.75. The maximum absolute atomic E-state index is 12.1. The number of benzene rings is 1. The van der Waals surface area contributed by atoms with E-state index < -0.39 is 12.0 Å². The molecule has 1 aromatic rings. The van der Waals surface area contributed by atoms with Crippen LogP contribution >= 0.6 is 0 Å². The molecule has 6 nitrogen and oxygen atoms in total. The Hall–Kier alpha value is -2.24. The number of hydrogen-bond acceptors (Lipinski definition) is 4. The lowest BCUT2D eigenvalue weighted by atomic mass is 10.2. The number of rotatable bonds is 6. The van der Waals surface area contributed by atoms with Crippen molar-refractivity contribution in [3.05, 3.63) is 24.3 Å². The van der Waals surface area contributed by atoms with Gasteiger partial charge in [-0.05, 0) is 31.9 Å². The molecule has 2 rings (SSSR count). The van der Waals surface area contributed by atoms with Crippen molar-refractivity contribution >= 4 is 11.9 Å². The summed E-state index contributed by atoms with van der Waals surface area (Å²) in [5.74, 6) is -0.218. The molecule has 1 N–H and O–H groups in total. The fraction of sp³-hybridized carbons (Fsp3) is 0.467. The van der Waals surface area contributed by atoms with E-state index in [1.165, 1.54) is 4.90 Å². The van der Waals surface area contributed by atoms with Gasteiger partial charge in [-0.2, -0.15) is 0 Å². The van der Waals surface area contributed by atoms with Gasteiger partial charge in [0.2, 0.25) is 0 Å².